The Bertz CT molecular complexity index is 863. The molecule has 2 N–H and O–H groups in total. The average Bonchev–Trinajstić information content (AvgIpc) is 3.08. The van der Waals surface area contributed by atoms with Crippen LogP contribution in [-0.2, 0) is 21.3 Å². The molecule has 1 aliphatic heterocycles. The molecule has 148 valence electrons. The average molecular weight is 395 g/mol. The molecule has 1 aliphatic rings. The Balaban J connectivity index is 1.52. The van der Waals surface area contributed by atoms with E-state index in [1.54, 1.807) is 23.9 Å². The summed E-state index contributed by atoms with van der Waals surface area (Å²) in [4.78, 5) is 6.29. The fourth-order valence-electron chi connectivity index (χ4n) is 2.82. The standard InChI is InChI=1S/C16H25N7O3S/c1-3-22-12-16(20-13(22)2)27(24,25)19-5-4-17-15-10-14(11-18-21-15)23-6-8-26-9-7-23/h10-12,19H,3-9H2,1-2H3,(H,17,21). The monoisotopic (exact) mass is 395 g/mol. The van der Waals surface area contributed by atoms with Crippen LogP contribution in [0.5, 0.6) is 0 Å². The first-order valence-electron chi connectivity index (χ1n) is 8.92. The van der Waals surface area contributed by atoms with Crippen LogP contribution >= 0.6 is 0 Å². The van der Waals surface area contributed by atoms with Gasteiger partial charge in [0.05, 0.1) is 25.1 Å². The third-order valence-corrected chi connectivity index (χ3v) is 5.64. The quantitative estimate of drug-likeness (QED) is 0.611. The van der Waals surface area contributed by atoms with E-state index in [1.807, 2.05) is 13.0 Å². The molecule has 1 saturated heterocycles. The van der Waals surface area contributed by atoms with Gasteiger partial charge in [0, 0.05) is 45.0 Å². The van der Waals surface area contributed by atoms with Crippen LogP contribution in [0.3, 0.4) is 0 Å². The van der Waals surface area contributed by atoms with E-state index in [0.29, 0.717) is 37.9 Å². The van der Waals surface area contributed by atoms with Gasteiger partial charge in [-0.3, -0.25) is 0 Å². The lowest BCUT2D eigenvalue weighted by atomic mass is 10.3. The summed E-state index contributed by atoms with van der Waals surface area (Å²) in [6.07, 6.45) is 3.26. The predicted octanol–water partition coefficient (Wildman–Crippen LogP) is 0.228. The van der Waals surface area contributed by atoms with Crippen molar-refractivity contribution in [1.82, 2.24) is 24.5 Å². The van der Waals surface area contributed by atoms with Crippen LogP contribution in [0.15, 0.2) is 23.5 Å². The zero-order valence-corrected chi connectivity index (χ0v) is 16.4. The van der Waals surface area contributed by atoms with Gasteiger partial charge in [-0.15, -0.1) is 5.10 Å². The van der Waals surface area contributed by atoms with Gasteiger partial charge in [0.2, 0.25) is 0 Å². The number of nitrogens with one attached hydrogen (secondary N) is 2. The van der Waals surface area contributed by atoms with Gasteiger partial charge >= 0.3 is 0 Å². The van der Waals surface area contributed by atoms with Crippen molar-refractivity contribution in [3.8, 4) is 0 Å². The maximum absolute atomic E-state index is 12.3. The molecule has 0 radical (unpaired) electrons. The molecule has 0 unspecified atom stereocenters. The summed E-state index contributed by atoms with van der Waals surface area (Å²) < 4.78 is 34.3. The SMILES string of the molecule is CCn1cc(S(=O)(=O)NCCNc2cc(N3CCOCC3)cnn2)nc1C. The number of morpholine rings is 1. The summed E-state index contributed by atoms with van der Waals surface area (Å²) in [5.41, 5.74) is 0.969. The summed E-state index contributed by atoms with van der Waals surface area (Å²) in [7, 11) is -3.63. The number of hydrogen-bond acceptors (Lipinski definition) is 8. The lowest BCUT2D eigenvalue weighted by Crippen LogP contribution is -2.36. The van der Waals surface area contributed by atoms with Crippen molar-refractivity contribution in [2.45, 2.75) is 25.4 Å². The van der Waals surface area contributed by atoms with Gasteiger partial charge in [-0.05, 0) is 13.8 Å². The number of ether oxygens (including phenoxy) is 1. The van der Waals surface area contributed by atoms with Crippen molar-refractivity contribution in [2.75, 3.05) is 49.6 Å². The first kappa shape index (κ1) is 19.5. The van der Waals surface area contributed by atoms with Crippen LogP contribution in [0.2, 0.25) is 0 Å². The highest BCUT2D eigenvalue weighted by Gasteiger charge is 2.18. The number of aryl methyl sites for hydroxylation is 2. The van der Waals surface area contributed by atoms with E-state index in [4.69, 9.17) is 4.74 Å². The molecular weight excluding hydrogens is 370 g/mol. The highest BCUT2D eigenvalue weighted by molar-refractivity contribution is 7.89. The lowest BCUT2D eigenvalue weighted by Gasteiger charge is -2.28. The molecule has 2 aromatic heterocycles. The number of aromatic nitrogens is 4. The van der Waals surface area contributed by atoms with Gasteiger partial charge < -0.3 is 19.5 Å². The first-order chi connectivity index (χ1) is 13.0. The van der Waals surface area contributed by atoms with Gasteiger partial charge in [-0.25, -0.2) is 18.1 Å². The highest BCUT2D eigenvalue weighted by atomic mass is 32.2. The third kappa shape index (κ3) is 4.93. The summed E-state index contributed by atoms with van der Waals surface area (Å²) in [5.74, 6) is 1.27. The van der Waals surface area contributed by atoms with E-state index in [1.165, 1.54) is 0 Å². The topological polar surface area (TPSA) is 114 Å². The number of sulfonamides is 1. The zero-order valence-electron chi connectivity index (χ0n) is 15.6. The highest BCUT2D eigenvalue weighted by Crippen LogP contribution is 2.17. The maximum atomic E-state index is 12.3. The van der Waals surface area contributed by atoms with Crippen LogP contribution in [0.1, 0.15) is 12.7 Å². The van der Waals surface area contributed by atoms with Crippen LogP contribution in [0.4, 0.5) is 11.5 Å². The molecule has 1 fully saturated rings. The molecule has 0 bridgehead atoms. The van der Waals surface area contributed by atoms with E-state index >= 15 is 0 Å². The fourth-order valence-corrected chi connectivity index (χ4v) is 3.85. The normalized spacial score (nSPS) is 15.1. The van der Waals surface area contributed by atoms with Crippen molar-refractivity contribution >= 4 is 21.5 Å². The van der Waals surface area contributed by atoms with Gasteiger partial charge in [0.15, 0.2) is 10.8 Å². The molecule has 3 rings (SSSR count). The Morgan fingerprint density at radius 3 is 2.74 bits per heavy atom. The van der Waals surface area contributed by atoms with Crippen molar-refractivity contribution in [3.05, 3.63) is 24.3 Å². The summed E-state index contributed by atoms with van der Waals surface area (Å²) in [5, 5.41) is 11.2. The minimum atomic E-state index is -3.63. The zero-order chi connectivity index (χ0) is 19.3. The van der Waals surface area contributed by atoms with Crippen molar-refractivity contribution < 1.29 is 13.2 Å². The van der Waals surface area contributed by atoms with Crippen LogP contribution in [0.25, 0.3) is 0 Å². The molecule has 0 aliphatic carbocycles. The molecule has 11 heteroatoms. The van der Waals surface area contributed by atoms with E-state index in [0.717, 1.165) is 18.8 Å². The maximum Gasteiger partial charge on any atom is 0.259 e. The molecule has 27 heavy (non-hydrogen) atoms. The van der Waals surface area contributed by atoms with Gasteiger partial charge in [-0.1, -0.05) is 0 Å². The second-order valence-electron chi connectivity index (χ2n) is 6.14. The van der Waals surface area contributed by atoms with E-state index < -0.39 is 10.0 Å². The third-order valence-electron chi connectivity index (χ3n) is 4.31. The number of anilines is 2. The van der Waals surface area contributed by atoms with Gasteiger partial charge in [0.1, 0.15) is 5.82 Å². The Hall–Kier alpha value is -2.24. The summed E-state index contributed by atoms with van der Waals surface area (Å²) in [6.45, 7) is 8.01. The van der Waals surface area contributed by atoms with Crippen molar-refractivity contribution in [1.29, 1.82) is 0 Å². The summed E-state index contributed by atoms with van der Waals surface area (Å²) >= 11 is 0. The van der Waals surface area contributed by atoms with E-state index in [-0.39, 0.29) is 11.6 Å². The molecule has 0 saturated carbocycles. The van der Waals surface area contributed by atoms with Crippen LogP contribution < -0.4 is 14.9 Å². The number of hydrogen-bond donors (Lipinski definition) is 2. The first-order valence-corrected chi connectivity index (χ1v) is 10.4. The number of imidazole rings is 1. The lowest BCUT2D eigenvalue weighted by molar-refractivity contribution is 0.122. The molecular formula is C16H25N7O3S. The van der Waals surface area contributed by atoms with Gasteiger partial charge in [-0.2, -0.15) is 5.10 Å². The Morgan fingerprint density at radius 1 is 1.26 bits per heavy atom. The number of rotatable bonds is 8. The molecule has 3 heterocycles. The largest absolute Gasteiger partial charge is 0.378 e. The Labute approximate surface area is 159 Å². The second kappa shape index (κ2) is 8.63. The Kier molecular flexibility index (Phi) is 6.24. The molecule has 0 amide bonds. The molecule has 10 nitrogen and oxygen atoms in total. The van der Waals surface area contributed by atoms with Crippen molar-refractivity contribution in [2.24, 2.45) is 0 Å². The second-order valence-corrected chi connectivity index (χ2v) is 7.85. The smallest absolute Gasteiger partial charge is 0.259 e. The molecule has 0 atom stereocenters. The number of nitrogens with zero attached hydrogens (tertiary/aromatic N) is 5. The van der Waals surface area contributed by atoms with E-state index in [2.05, 4.69) is 30.1 Å². The van der Waals surface area contributed by atoms with Crippen molar-refractivity contribution in [3.63, 3.8) is 0 Å². The minimum absolute atomic E-state index is 0.0379. The molecule has 2 aromatic rings. The van der Waals surface area contributed by atoms with Crippen LogP contribution in [0, 0.1) is 6.92 Å². The Morgan fingerprint density at radius 2 is 2.04 bits per heavy atom. The van der Waals surface area contributed by atoms with Crippen LogP contribution in [-0.4, -0.2) is 67.6 Å². The predicted molar refractivity (Wildman–Crippen MR) is 101 cm³/mol. The summed E-state index contributed by atoms with van der Waals surface area (Å²) in [6, 6.07) is 1.90. The molecule has 0 aromatic carbocycles. The molecule has 0 spiro atoms. The minimum Gasteiger partial charge on any atom is -0.378 e. The van der Waals surface area contributed by atoms with E-state index in [9.17, 15) is 8.42 Å². The van der Waals surface area contributed by atoms with Gasteiger partial charge in [0.25, 0.3) is 10.0 Å². The fraction of sp³-hybridized carbons (Fsp3) is 0.562.